The number of nitrogens with one attached hydrogen (secondary N) is 2. The Labute approximate surface area is 206 Å². The average Bonchev–Trinajstić information content (AvgIpc) is 3.28. The molecule has 10 nitrogen and oxygen atoms in total. The van der Waals surface area contributed by atoms with E-state index in [1.54, 1.807) is 18.3 Å². The quantitative estimate of drug-likeness (QED) is 0.378. The summed E-state index contributed by atoms with van der Waals surface area (Å²) in [6.07, 6.45) is 6.36. The summed E-state index contributed by atoms with van der Waals surface area (Å²) in [4.78, 5) is 36.5. The number of aliphatic carboxylic acids is 1. The third-order valence-corrected chi connectivity index (χ3v) is 6.80. The molecule has 0 bridgehead atoms. The van der Waals surface area contributed by atoms with Crippen LogP contribution in [0.15, 0.2) is 53.6 Å². The molecule has 36 heavy (non-hydrogen) atoms. The molecule has 0 unspecified atom stereocenters. The zero-order valence-electron chi connectivity index (χ0n) is 20.0. The Bertz CT molecular complexity index is 1510. The number of carbonyl (C=O) groups is 2. The van der Waals surface area contributed by atoms with Crippen molar-refractivity contribution in [2.45, 2.75) is 57.1 Å². The molecule has 3 heterocycles. The molecule has 10 heteroatoms. The van der Waals surface area contributed by atoms with E-state index in [4.69, 9.17) is 4.74 Å². The monoisotopic (exact) mass is 489 g/mol. The molecule has 1 fully saturated rings. The largest absolute Gasteiger partial charge is 0.478 e. The standard InChI is InChI=1S/C26H27N5O5/c1-26(2,25(34)35)36-17-11-12-21-20(13-27-31(21)14-17)23(32)28-16-9-7-15(8-10-16)22-18-5-3-4-6-19(18)24(33)30-29-22/h3-6,11-16H,7-10H2,1-2H3,(H,28,32)(H,30,33)(H,34,35)/t15-,16-. The predicted octanol–water partition coefficient (Wildman–Crippen LogP) is 3.27. The van der Waals surface area contributed by atoms with Crippen LogP contribution >= 0.6 is 0 Å². The van der Waals surface area contributed by atoms with Crippen LogP contribution in [0.25, 0.3) is 16.3 Å². The Morgan fingerprint density at radius 2 is 1.83 bits per heavy atom. The van der Waals surface area contributed by atoms with Crippen LogP contribution in [0.2, 0.25) is 0 Å². The number of aromatic amines is 1. The molecule has 4 aromatic rings. The van der Waals surface area contributed by atoms with Crippen molar-refractivity contribution in [3.8, 4) is 5.75 Å². The number of nitrogens with zero attached hydrogens (tertiary/aromatic N) is 3. The van der Waals surface area contributed by atoms with E-state index in [1.165, 1.54) is 24.6 Å². The van der Waals surface area contributed by atoms with E-state index >= 15 is 0 Å². The number of aromatic nitrogens is 4. The van der Waals surface area contributed by atoms with Crippen LogP contribution < -0.4 is 15.6 Å². The zero-order valence-corrected chi connectivity index (χ0v) is 20.0. The van der Waals surface area contributed by atoms with Gasteiger partial charge in [0, 0.05) is 17.3 Å². The van der Waals surface area contributed by atoms with Crippen LogP contribution in [-0.4, -0.2) is 48.4 Å². The molecule has 0 atom stereocenters. The summed E-state index contributed by atoms with van der Waals surface area (Å²) in [5, 5.41) is 25.1. The molecule has 0 radical (unpaired) electrons. The summed E-state index contributed by atoms with van der Waals surface area (Å²) in [5.41, 5.74) is 0.367. The van der Waals surface area contributed by atoms with Crippen molar-refractivity contribution >= 4 is 28.2 Å². The molecule has 0 spiro atoms. The number of hydrogen-bond donors (Lipinski definition) is 3. The lowest BCUT2D eigenvalue weighted by molar-refractivity contribution is -0.152. The molecule has 1 aromatic carbocycles. The fourth-order valence-corrected chi connectivity index (χ4v) is 4.76. The van der Waals surface area contributed by atoms with Gasteiger partial charge in [0.15, 0.2) is 5.60 Å². The van der Waals surface area contributed by atoms with E-state index in [1.807, 2.05) is 24.3 Å². The van der Waals surface area contributed by atoms with E-state index in [-0.39, 0.29) is 23.4 Å². The van der Waals surface area contributed by atoms with Gasteiger partial charge in [-0.15, -0.1) is 0 Å². The lowest BCUT2D eigenvalue weighted by Crippen LogP contribution is -2.38. The van der Waals surface area contributed by atoms with E-state index in [0.717, 1.165) is 36.8 Å². The summed E-state index contributed by atoms with van der Waals surface area (Å²) in [7, 11) is 0. The van der Waals surface area contributed by atoms with Gasteiger partial charge >= 0.3 is 5.97 Å². The third kappa shape index (κ3) is 4.41. The van der Waals surface area contributed by atoms with Gasteiger partial charge in [-0.05, 0) is 57.7 Å². The molecular weight excluding hydrogens is 462 g/mol. The number of fused-ring (bicyclic) bond motifs is 2. The van der Waals surface area contributed by atoms with Crippen molar-refractivity contribution in [2.24, 2.45) is 0 Å². The molecule has 186 valence electrons. The minimum atomic E-state index is -1.39. The van der Waals surface area contributed by atoms with Gasteiger partial charge in [0.05, 0.1) is 34.6 Å². The van der Waals surface area contributed by atoms with Crippen LogP contribution in [-0.2, 0) is 4.79 Å². The van der Waals surface area contributed by atoms with Crippen molar-refractivity contribution in [1.29, 1.82) is 0 Å². The Hall–Kier alpha value is -4.21. The Kier molecular flexibility index (Phi) is 5.95. The number of ether oxygens (including phenoxy) is 1. The zero-order chi connectivity index (χ0) is 25.4. The molecule has 1 aliphatic carbocycles. The lowest BCUT2D eigenvalue weighted by Gasteiger charge is -2.29. The van der Waals surface area contributed by atoms with Crippen LogP contribution in [0.5, 0.6) is 5.75 Å². The highest BCUT2D eigenvalue weighted by atomic mass is 16.5. The molecule has 1 saturated carbocycles. The van der Waals surface area contributed by atoms with Gasteiger partial charge in [0.25, 0.3) is 11.5 Å². The Balaban J connectivity index is 1.25. The summed E-state index contributed by atoms with van der Waals surface area (Å²) >= 11 is 0. The Morgan fingerprint density at radius 1 is 1.11 bits per heavy atom. The van der Waals surface area contributed by atoms with E-state index in [2.05, 4.69) is 20.6 Å². The second kappa shape index (κ2) is 9.10. The van der Waals surface area contributed by atoms with Gasteiger partial charge in [-0.25, -0.2) is 14.4 Å². The second-order valence-corrected chi connectivity index (χ2v) is 9.68. The number of pyridine rings is 1. The normalized spacial score (nSPS) is 18.3. The number of benzene rings is 1. The predicted molar refractivity (Wildman–Crippen MR) is 132 cm³/mol. The van der Waals surface area contributed by atoms with Crippen LogP contribution in [0.3, 0.4) is 0 Å². The molecule has 1 aliphatic rings. The second-order valence-electron chi connectivity index (χ2n) is 9.68. The fourth-order valence-electron chi connectivity index (χ4n) is 4.76. The maximum atomic E-state index is 13.0. The minimum Gasteiger partial charge on any atom is -0.478 e. The lowest BCUT2D eigenvalue weighted by atomic mass is 9.82. The summed E-state index contributed by atoms with van der Waals surface area (Å²) in [5.74, 6) is -0.736. The first-order chi connectivity index (χ1) is 17.2. The first-order valence-corrected chi connectivity index (χ1v) is 11.9. The number of carboxylic acid groups (broad SMARTS) is 1. The molecule has 0 aliphatic heterocycles. The van der Waals surface area contributed by atoms with Crippen LogP contribution in [0.4, 0.5) is 0 Å². The molecular formula is C26H27N5O5. The van der Waals surface area contributed by atoms with Gasteiger partial charge in [-0.3, -0.25) is 9.59 Å². The SMILES string of the molecule is CC(C)(Oc1ccc2c(C(=O)N[C@H]3CC[C@H](c4n[nH]c(=O)c5ccccc54)CC3)cnn2c1)C(=O)O. The van der Waals surface area contributed by atoms with Crippen molar-refractivity contribution in [3.63, 3.8) is 0 Å². The third-order valence-electron chi connectivity index (χ3n) is 6.80. The highest BCUT2D eigenvalue weighted by molar-refractivity contribution is 6.00. The smallest absolute Gasteiger partial charge is 0.347 e. The first kappa shape index (κ1) is 23.5. The molecule has 5 rings (SSSR count). The number of carboxylic acids is 1. The molecule has 3 N–H and O–H groups in total. The molecule has 1 amide bonds. The average molecular weight is 490 g/mol. The van der Waals surface area contributed by atoms with Crippen LogP contribution in [0.1, 0.15) is 61.5 Å². The number of carbonyl (C=O) groups excluding carboxylic acids is 1. The number of H-pyrrole nitrogens is 1. The number of amides is 1. The summed E-state index contributed by atoms with van der Waals surface area (Å²) in [6, 6.07) is 10.9. The molecule has 3 aromatic heterocycles. The van der Waals surface area contributed by atoms with Crippen molar-refractivity contribution in [2.75, 3.05) is 0 Å². The summed E-state index contributed by atoms with van der Waals surface area (Å²) in [6.45, 7) is 2.93. The van der Waals surface area contributed by atoms with Gasteiger partial charge in [-0.1, -0.05) is 18.2 Å². The van der Waals surface area contributed by atoms with Gasteiger partial charge in [0.2, 0.25) is 0 Å². The van der Waals surface area contributed by atoms with Gasteiger partial charge in [-0.2, -0.15) is 10.2 Å². The maximum absolute atomic E-state index is 13.0. The number of hydrogen-bond acceptors (Lipinski definition) is 6. The van der Waals surface area contributed by atoms with E-state index < -0.39 is 11.6 Å². The maximum Gasteiger partial charge on any atom is 0.347 e. The van der Waals surface area contributed by atoms with Crippen LogP contribution in [0, 0.1) is 0 Å². The van der Waals surface area contributed by atoms with Gasteiger partial charge in [0.1, 0.15) is 5.75 Å². The molecule has 0 saturated heterocycles. The Morgan fingerprint density at radius 3 is 2.56 bits per heavy atom. The fraction of sp³-hybridized carbons (Fsp3) is 0.346. The highest BCUT2D eigenvalue weighted by Gasteiger charge is 2.30. The first-order valence-electron chi connectivity index (χ1n) is 11.9. The summed E-state index contributed by atoms with van der Waals surface area (Å²) < 4.78 is 7.06. The number of rotatable bonds is 6. The van der Waals surface area contributed by atoms with E-state index in [0.29, 0.717) is 22.2 Å². The van der Waals surface area contributed by atoms with Crippen molar-refractivity contribution in [1.82, 2.24) is 25.1 Å². The van der Waals surface area contributed by atoms with Gasteiger partial charge < -0.3 is 15.2 Å². The van der Waals surface area contributed by atoms with Crippen molar-refractivity contribution in [3.05, 3.63) is 70.4 Å². The van der Waals surface area contributed by atoms with E-state index in [9.17, 15) is 19.5 Å². The topological polar surface area (TPSA) is 139 Å². The van der Waals surface area contributed by atoms with Crippen molar-refractivity contribution < 1.29 is 19.4 Å². The highest BCUT2D eigenvalue weighted by Crippen LogP contribution is 2.34. The minimum absolute atomic E-state index is 0.0247.